The van der Waals surface area contributed by atoms with Crippen molar-refractivity contribution in [3.8, 4) is 0 Å². The summed E-state index contributed by atoms with van der Waals surface area (Å²) >= 11 is 101. The lowest BCUT2D eigenvalue weighted by Gasteiger charge is -2.17. The summed E-state index contributed by atoms with van der Waals surface area (Å²) in [6, 6.07) is 0. The van der Waals surface area contributed by atoms with E-state index in [1.807, 2.05) is 0 Å². The van der Waals surface area contributed by atoms with Crippen LogP contribution in [0.2, 0.25) is 0 Å². The Morgan fingerprint density at radius 3 is 0.745 bits per heavy atom. The average Bonchev–Trinajstić information content (AvgIpc) is 2.85. The van der Waals surface area contributed by atoms with Gasteiger partial charge in [-0.15, -0.1) is 23.2 Å². The summed E-state index contributed by atoms with van der Waals surface area (Å²) < 4.78 is -8.32. The largest absolute Gasteiger partial charge is 0.298 e. The number of ketones is 6. The molecule has 0 aliphatic heterocycles. The zero-order valence-corrected chi connectivity index (χ0v) is 45.8. The number of carbonyl (C=O) groups is 6. The van der Waals surface area contributed by atoms with Crippen molar-refractivity contribution in [1.29, 1.82) is 0 Å². The number of Topliss-reactive ketones (excluding diaryl/α,β-unsaturated/α-hetero) is 6. The molecule has 47 heavy (non-hydrogen) atoms. The molecule has 0 saturated heterocycles. The number of halogens is 23. The maximum absolute atomic E-state index is 11.2. The predicted octanol–water partition coefficient (Wildman–Crippen LogP) is 14.4. The van der Waals surface area contributed by atoms with Gasteiger partial charge in [-0.3, -0.25) is 28.8 Å². The van der Waals surface area contributed by atoms with Crippen molar-refractivity contribution >= 4 is 336 Å². The second-order valence-electron chi connectivity index (χ2n) is 6.44. The Balaban J connectivity index is -0.000000109. The third-order valence-corrected chi connectivity index (χ3v) is 9.07. The summed E-state index contributed by atoms with van der Waals surface area (Å²) in [5, 5.41) is 0. The van der Waals surface area contributed by atoms with Crippen LogP contribution in [0.5, 0.6) is 0 Å². The fourth-order valence-electron chi connectivity index (χ4n) is 0.481. The molecule has 0 aromatic rings. The van der Waals surface area contributed by atoms with Crippen LogP contribution in [-0.4, -0.2) is 75.5 Å². The Morgan fingerprint density at radius 2 is 0.745 bits per heavy atom. The average molecular weight is 1500 g/mol. The third kappa shape index (κ3) is 48.3. The normalized spacial score (nSPS) is 11.5. The number of hydrogen-bond acceptors (Lipinski definition) is 6. The van der Waals surface area contributed by atoms with Gasteiger partial charge in [-0.2, -0.15) is 0 Å². The van der Waals surface area contributed by atoms with Crippen molar-refractivity contribution in [3.63, 3.8) is 0 Å². The Bertz CT molecular complexity index is 881. The topological polar surface area (TPSA) is 102 Å². The molecular formula is C18H13Br8Cl15O6. The Hall–Kier alpha value is 6.21. The van der Waals surface area contributed by atoms with Crippen LogP contribution in [0.1, 0.15) is 13.8 Å². The van der Waals surface area contributed by atoms with E-state index in [0.717, 1.165) is 0 Å². The Labute approximate surface area is 412 Å². The fourth-order valence-corrected chi connectivity index (χ4v) is 7.22. The predicted molar refractivity (Wildman–Crippen MR) is 235 cm³/mol. The van der Waals surface area contributed by atoms with Crippen LogP contribution in [0.15, 0.2) is 0 Å². The maximum Gasteiger partial charge on any atom is 0.253 e. The van der Waals surface area contributed by atoms with E-state index in [1.54, 1.807) is 0 Å². The van der Waals surface area contributed by atoms with Crippen LogP contribution in [0.25, 0.3) is 0 Å². The summed E-state index contributed by atoms with van der Waals surface area (Å²) in [6.45, 7) is 2.85. The Morgan fingerprint density at radius 1 is 0.511 bits per heavy atom. The van der Waals surface area contributed by atoms with E-state index in [9.17, 15) is 28.8 Å². The fraction of sp³-hybridized carbons (Fsp3) is 0.667. The van der Waals surface area contributed by atoms with Gasteiger partial charge < -0.3 is 0 Å². The summed E-state index contributed by atoms with van der Waals surface area (Å²) in [5.41, 5.74) is 0. The van der Waals surface area contributed by atoms with E-state index in [0.29, 0.717) is 0 Å². The lowest BCUT2D eigenvalue weighted by Crippen LogP contribution is -2.31. The number of rotatable bonds is 5. The quantitative estimate of drug-likeness (QED) is 0.254. The zero-order chi connectivity index (χ0) is 40.1. The van der Waals surface area contributed by atoms with Gasteiger partial charge in [0.05, 0.1) is 11.8 Å². The lowest BCUT2D eigenvalue weighted by atomic mass is 10.5. The van der Waals surface area contributed by atoms with Gasteiger partial charge in [-0.1, -0.05) is 278 Å². The first-order valence-corrected chi connectivity index (χ1v) is 22.5. The lowest BCUT2D eigenvalue weighted by molar-refractivity contribution is -0.118. The smallest absolute Gasteiger partial charge is 0.253 e. The molecule has 0 heterocycles. The first-order chi connectivity index (χ1) is 20.3. The molecule has 0 radical (unpaired) electrons. The molecule has 0 unspecified atom stereocenters. The highest BCUT2D eigenvalue weighted by molar-refractivity contribution is 9.42. The molecule has 0 fully saturated rings. The first kappa shape index (κ1) is 65.1. The molecule has 282 valence electrons. The number of carbonyl (C=O) groups excluding carboxylic acids is 6. The van der Waals surface area contributed by atoms with Crippen LogP contribution in [-0.2, 0) is 28.8 Å². The number of alkyl halides is 23. The summed E-state index contributed by atoms with van der Waals surface area (Å²) in [7, 11) is 0. The summed E-state index contributed by atoms with van der Waals surface area (Å²) in [5.74, 6) is -2.29. The van der Waals surface area contributed by atoms with Gasteiger partial charge in [0.2, 0.25) is 17.3 Å². The highest BCUT2D eigenvalue weighted by Crippen LogP contribution is 2.46. The standard InChI is InChI=1S/C3Br6O.C3H4Br2O.C3Cl6O.C3HCl5O.2C3H4Cl2O/c4-2(5,6)1(10)3(7,8)9;1-2(6)3(4)5;4-2(5,6)1(10)3(7,8)9;4-2(5)1(9)3(6,7)8;4-1-3(6)2-5;1-2(6)3(4)5/h;3H,1H3;;2H;1-2H2;3H,1H3. The van der Waals surface area contributed by atoms with Gasteiger partial charge in [-0.05, 0) is 13.8 Å². The highest BCUT2D eigenvalue weighted by Gasteiger charge is 2.45. The molecule has 0 aliphatic carbocycles. The SMILES string of the molecule is CC(=O)C(Br)Br.CC(=O)C(Cl)Cl.O=C(C(Br)(Br)Br)C(Br)(Br)Br.O=C(C(Cl)(Cl)Cl)C(Cl)(Cl)Cl.O=C(C(Cl)Cl)C(Cl)(Cl)Cl.O=C(CCl)CCl. The molecule has 0 atom stereocenters. The van der Waals surface area contributed by atoms with E-state index in [1.165, 1.54) is 13.8 Å². The molecule has 0 bridgehead atoms. The van der Waals surface area contributed by atoms with Crippen LogP contribution < -0.4 is 0 Å². The monoisotopic (exact) mass is 1480 g/mol. The van der Waals surface area contributed by atoms with Crippen LogP contribution in [0.4, 0.5) is 0 Å². The molecule has 29 heteroatoms. The second kappa shape index (κ2) is 32.2. The molecule has 0 spiro atoms. The van der Waals surface area contributed by atoms with Gasteiger partial charge in [0.1, 0.15) is 3.74 Å². The van der Waals surface area contributed by atoms with Crippen molar-refractivity contribution in [1.82, 2.24) is 0 Å². The van der Waals surface area contributed by atoms with E-state index in [2.05, 4.69) is 127 Å². The van der Waals surface area contributed by atoms with Crippen molar-refractivity contribution in [2.24, 2.45) is 0 Å². The summed E-state index contributed by atoms with van der Waals surface area (Å²) in [6.07, 6.45) is 0. The number of hydrogen-bond donors (Lipinski definition) is 0. The zero-order valence-electron chi connectivity index (χ0n) is 21.8. The molecule has 0 aliphatic rings. The highest BCUT2D eigenvalue weighted by atomic mass is 80.0. The minimum absolute atomic E-state index is 0.0312. The van der Waals surface area contributed by atoms with E-state index in [-0.39, 0.29) is 38.6 Å². The van der Waals surface area contributed by atoms with Gasteiger partial charge in [-0.25, -0.2) is 0 Å². The van der Waals surface area contributed by atoms with Crippen molar-refractivity contribution < 1.29 is 28.8 Å². The molecule has 0 aromatic carbocycles. The molecule has 0 N–H and O–H groups in total. The molecule has 0 saturated carbocycles. The van der Waals surface area contributed by atoms with Crippen LogP contribution in [0, 0.1) is 0 Å². The molecule has 0 amide bonds. The summed E-state index contributed by atoms with van der Waals surface area (Å²) in [4.78, 5) is 60.1. The minimum Gasteiger partial charge on any atom is -0.298 e. The second-order valence-corrected chi connectivity index (χ2v) is 32.6. The molecule has 0 rings (SSSR count). The van der Waals surface area contributed by atoms with Gasteiger partial charge >= 0.3 is 0 Å². The van der Waals surface area contributed by atoms with Crippen LogP contribution in [0.3, 0.4) is 0 Å². The van der Waals surface area contributed by atoms with E-state index in [4.69, 9.17) is 174 Å². The third-order valence-electron chi connectivity index (χ3n) is 2.42. The van der Waals surface area contributed by atoms with Gasteiger partial charge in [0, 0.05) is 0 Å². The molecule has 0 aromatic heterocycles. The van der Waals surface area contributed by atoms with Gasteiger partial charge in [0.15, 0.2) is 31.3 Å². The van der Waals surface area contributed by atoms with Crippen molar-refractivity contribution in [2.75, 3.05) is 11.8 Å². The van der Waals surface area contributed by atoms with Gasteiger partial charge in [0.25, 0.3) is 11.4 Å². The molecular weight excluding hydrogens is 1480 g/mol. The molecule has 6 nitrogen and oxygen atoms in total. The van der Waals surface area contributed by atoms with Crippen LogP contribution >= 0.6 is 301 Å². The van der Waals surface area contributed by atoms with E-state index < -0.39 is 36.9 Å². The Kier molecular flexibility index (Phi) is 44.6. The van der Waals surface area contributed by atoms with Crippen molar-refractivity contribution in [2.45, 2.75) is 42.9 Å². The maximum atomic E-state index is 11.2. The first-order valence-electron chi connectivity index (χ1n) is 9.73. The van der Waals surface area contributed by atoms with Crippen molar-refractivity contribution in [3.05, 3.63) is 0 Å². The van der Waals surface area contributed by atoms with E-state index >= 15 is 0 Å². The minimum atomic E-state index is -2.18.